The highest BCUT2D eigenvalue weighted by molar-refractivity contribution is 7.21. The van der Waals surface area contributed by atoms with Crippen LogP contribution in [0.4, 0.5) is 0 Å². The van der Waals surface area contributed by atoms with Gasteiger partial charge < -0.3 is 15.5 Å². The van der Waals surface area contributed by atoms with Crippen molar-refractivity contribution in [3.05, 3.63) is 34.7 Å². The highest BCUT2D eigenvalue weighted by Gasteiger charge is 2.32. The van der Waals surface area contributed by atoms with E-state index in [1.165, 1.54) is 0 Å². The summed E-state index contributed by atoms with van der Waals surface area (Å²) in [7, 11) is 0. The normalized spacial score (nSPS) is 15.2. The zero-order chi connectivity index (χ0) is 17.5. The second-order valence-electron chi connectivity index (χ2n) is 6.86. The van der Waals surface area contributed by atoms with Crippen LogP contribution in [-0.2, 0) is 4.79 Å². The molecule has 1 aromatic carbocycles. The largest absolute Gasteiger partial charge is 0.338 e. The average molecular weight is 382 g/mol. The first kappa shape index (κ1) is 19.7. The summed E-state index contributed by atoms with van der Waals surface area (Å²) in [6, 6.07) is 8.09. The van der Waals surface area contributed by atoms with Crippen molar-refractivity contribution in [1.82, 2.24) is 9.80 Å². The van der Waals surface area contributed by atoms with Crippen LogP contribution in [0.5, 0.6) is 0 Å². The monoisotopic (exact) mass is 381 g/mol. The Labute approximate surface area is 158 Å². The average Bonchev–Trinajstić information content (AvgIpc) is 2.90. The highest BCUT2D eigenvalue weighted by atomic mass is 35.5. The number of thiophene rings is 1. The summed E-state index contributed by atoms with van der Waals surface area (Å²) in [5.41, 5.74) is 6.07. The number of carbonyl (C=O) groups is 2. The minimum absolute atomic E-state index is 0. The number of halogens is 1. The van der Waals surface area contributed by atoms with Gasteiger partial charge in [0.25, 0.3) is 5.91 Å². The first-order valence-corrected chi connectivity index (χ1v) is 8.96. The molecule has 0 bridgehead atoms. The number of nitrogens with zero attached hydrogens (tertiary/aromatic N) is 2. The maximum atomic E-state index is 12.9. The fraction of sp³-hybridized carbons (Fsp3) is 0.444. The first-order chi connectivity index (χ1) is 11.3. The molecule has 3 rings (SSSR count). The predicted molar refractivity (Wildman–Crippen MR) is 105 cm³/mol. The molecule has 0 spiro atoms. The summed E-state index contributed by atoms with van der Waals surface area (Å²) >= 11 is 1.55. The number of hydrogen-bond acceptors (Lipinski definition) is 4. The zero-order valence-corrected chi connectivity index (χ0v) is 16.4. The lowest BCUT2D eigenvalue weighted by Gasteiger charge is -2.37. The topological polar surface area (TPSA) is 66.6 Å². The number of piperazine rings is 1. The molecule has 2 heterocycles. The van der Waals surface area contributed by atoms with Gasteiger partial charge in [0.15, 0.2) is 0 Å². The molecule has 5 nitrogen and oxygen atoms in total. The summed E-state index contributed by atoms with van der Waals surface area (Å²) in [5.74, 6) is 0.000416. The third-order valence-corrected chi connectivity index (χ3v) is 5.70. The molecule has 2 N–H and O–H groups in total. The Balaban J connectivity index is 0.00000225. The van der Waals surface area contributed by atoms with E-state index in [2.05, 4.69) is 6.07 Å². The minimum atomic E-state index is -0.867. The minimum Gasteiger partial charge on any atom is -0.338 e. The third-order valence-electron chi connectivity index (χ3n) is 4.44. The molecule has 1 aliphatic rings. The quantitative estimate of drug-likeness (QED) is 0.869. The van der Waals surface area contributed by atoms with E-state index in [1.54, 1.807) is 30.1 Å². The lowest BCUT2D eigenvalue weighted by Crippen LogP contribution is -2.57. The molecule has 2 amide bonds. The lowest BCUT2D eigenvalue weighted by molar-refractivity contribution is -0.137. The van der Waals surface area contributed by atoms with Crippen LogP contribution < -0.4 is 5.73 Å². The fourth-order valence-corrected chi connectivity index (χ4v) is 4.22. The summed E-state index contributed by atoms with van der Waals surface area (Å²) in [5, 5.41) is 1.14. The zero-order valence-electron chi connectivity index (χ0n) is 14.7. The number of amides is 2. The van der Waals surface area contributed by atoms with Gasteiger partial charge in [0.05, 0.1) is 10.4 Å². The summed E-state index contributed by atoms with van der Waals surface area (Å²) in [4.78, 5) is 29.5. The number of fused-ring (bicyclic) bond motifs is 1. The van der Waals surface area contributed by atoms with E-state index in [0.29, 0.717) is 26.2 Å². The van der Waals surface area contributed by atoms with Crippen molar-refractivity contribution >= 4 is 45.6 Å². The molecule has 1 aliphatic heterocycles. The van der Waals surface area contributed by atoms with Crippen molar-refractivity contribution in [2.24, 2.45) is 5.73 Å². The summed E-state index contributed by atoms with van der Waals surface area (Å²) < 4.78 is 1.14. The van der Waals surface area contributed by atoms with Crippen molar-refractivity contribution in [2.45, 2.75) is 26.3 Å². The van der Waals surface area contributed by atoms with E-state index in [-0.39, 0.29) is 24.2 Å². The van der Waals surface area contributed by atoms with E-state index < -0.39 is 5.54 Å². The molecule has 0 atom stereocenters. The molecule has 0 saturated carbocycles. The number of nitrogens with two attached hydrogens (primary N) is 1. The summed E-state index contributed by atoms with van der Waals surface area (Å²) in [6.45, 7) is 7.61. The second kappa shape index (κ2) is 7.32. The van der Waals surface area contributed by atoms with Gasteiger partial charge in [-0.05, 0) is 37.8 Å². The van der Waals surface area contributed by atoms with Gasteiger partial charge >= 0.3 is 0 Å². The Bertz CT molecular complexity index is 789. The summed E-state index contributed by atoms with van der Waals surface area (Å²) in [6.07, 6.45) is 0. The fourth-order valence-electron chi connectivity index (χ4n) is 3.04. The number of aryl methyl sites for hydroxylation is 1. The Hall–Kier alpha value is -1.63. The molecule has 7 heteroatoms. The van der Waals surface area contributed by atoms with Crippen LogP contribution in [-0.4, -0.2) is 53.3 Å². The number of rotatable bonds is 2. The van der Waals surface area contributed by atoms with Crippen LogP contribution in [0.1, 0.15) is 29.1 Å². The molecular weight excluding hydrogens is 358 g/mol. The molecule has 1 fully saturated rings. The molecule has 136 valence electrons. The van der Waals surface area contributed by atoms with Gasteiger partial charge in [-0.3, -0.25) is 9.59 Å². The molecule has 0 aliphatic carbocycles. The maximum absolute atomic E-state index is 12.9. The van der Waals surface area contributed by atoms with Gasteiger partial charge in [0.2, 0.25) is 5.91 Å². The third kappa shape index (κ3) is 3.81. The Morgan fingerprint density at radius 3 is 2.20 bits per heavy atom. The van der Waals surface area contributed by atoms with Gasteiger partial charge in [-0.15, -0.1) is 23.7 Å². The number of benzene rings is 1. The Morgan fingerprint density at radius 2 is 1.64 bits per heavy atom. The van der Waals surface area contributed by atoms with Gasteiger partial charge in [-0.2, -0.15) is 0 Å². The number of hydrogen-bond donors (Lipinski definition) is 1. The number of carbonyl (C=O) groups excluding carboxylic acids is 2. The van der Waals surface area contributed by atoms with Crippen LogP contribution in [0.25, 0.3) is 10.1 Å². The Kier molecular flexibility index (Phi) is 5.76. The SMILES string of the molecule is Cc1c(C(=O)N2CCN(C(=O)C(C)(C)N)CC2)sc2ccccc12.Cl. The van der Waals surface area contributed by atoms with E-state index in [0.717, 1.165) is 20.5 Å². The van der Waals surface area contributed by atoms with E-state index in [4.69, 9.17) is 5.73 Å². The van der Waals surface area contributed by atoms with Crippen molar-refractivity contribution in [3.8, 4) is 0 Å². The van der Waals surface area contributed by atoms with Crippen molar-refractivity contribution in [2.75, 3.05) is 26.2 Å². The molecule has 0 unspecified atom stereocenters. The van der Waals surface area contributed by atoms with Gasteiger partial charge in [0, 0.05) is 30.9 Å². The van der Waals surface area contributed by atoms with Gasteiger partial charge in [0.1, 0.15) is 0 Å². The molecule has 1 aromatic heterocycles. The van der Waals surface area contributed by atoms with Crippen molar-refractivity contribution in [3.63, 3.8) is 0 Å². The van der Waals surface area contributed by atoms with Crippen LogP contribution >= 0.6 is 23.7 Å². The van der Waals surface area contributed by atoms with E-state index in [9.17, 15) is 9.59 Å². The molecule has 2 aromatic rings. The maximum Gasteiger partial charge on any atom is 0.264 e. The highest BCUT2D eigenvalue weighted by Crippen LogP contribution is 2.31. The van der Waals surface area contributed by atoms with Gasteiger partial charge in [-0.1, -0.05) is 18.2 Å². The van der Waals surface area contributed by atoms with E-state index >= 15 is 0 Å². The van der Waals surface area contributed by atoms with Gasteiger partial charge in [-0.25, -0.2) is 0 Å². The lowest BCUT2D eigenvalue weighted by atomic mass is 10.0. The van der Waals surface area contributed by atoms with Crippen LogP contribution in [0.15, 0.2) is 24.3 Å². The van der Waals surface area contributed by atoms with Crippen LogP contribution in [0.3, 0.4) is 0 Å². The molecule has 0 radical (unpaired) electrons. The molecule has 1 saturated heterocycles. The van der Waals surface area contributed by atoms with E-state index in [1.807, 2.05) is 30.0 Å². The standard InChI is InChI=1S/C18H23N3O2S.ClH/c1-12-13-6-4-5-7-14(13)24-15(12)16(22)20-8-10-21(11-9-20)17(23)18(2,3)19;/h4-7H,8-11,19H2,1-3H3;1H. The first-order valence-electron chi connectivity index (χ1n) is 8.14. The van der Waals surface area contributed by atoms with Crippen molar-refractivity contribution < 1.29 is 9.59 Å². The van der Waals surface area contributed by atoms with Crippen LogP contribution in [0, 0.1) is 6.92 Å². The second-order valence-corrected chi connectivity index (χ2v) is 7.91. The smallest absolute Gasteiger partial charge is 0.264 e. The predicted octanol–water partition coefficient (Wildman–Crippen LogP) is 2.65. The van der Waals surface area contributed by atoms with Crippen LogP contribution in [0.2, 0.25) is 0 Å². The molecular formula is C18H24ClN3O2S. The van der Waals surface area contributed by atoms with Crippen molar-refractivity contribution in [1.29, 1.82) is 0 Å². The molecule has 25 heavy (non-hydrogen) atoms. The Morgan fingerprint density at radius 1 is 1.08 bits per heavy atom.